The Morgan fingerprint density at radius 1 is 1.14 bits per heavy atom. The Balaban J connectivity index is 2.96. The molecule has 0 aliphatic carbocycles. The van der Waals surface area contributed by atoms with Gasteiger partial charge < -0.3 is 14.2 Å². The summed E-state index contributed by atoms with van der Waals surface area (Å²) in [6, 6.07) is 4.36. The Morgan fingerprint density at radius 3 is 2.43 bits per heavy atom. The van der Waals surface area contributed by atoms with E-state index in [9.17, 15) is 14.4 Å². The number of nitrogens with one attached hydrogen (secondary N) is 1. The number of hydrogen-bond acceptors (Lipinski definition) is 6. The Kier molecular flexibility index (Phi) is 6.48. The van der Waals surface area contributed by atoms with Gasteiger partial charge in [0.1, 0.15) is 5.56 Å². The largest absolute Gasteiger partial charge is 0.516 e. The molecule has 0 saturated heterocycles. The fourth-order valence-corrected chi connectivity index (χ4v) is 1.64. The number of anilines is 1. The lowest BCUT2D eigenvalue weighted by atomic mass is 10.2. The van der Waals surface area contributed by atoms with Crippen LogP contribution in [0.1, 0.15) is 24.2 Å². The molecule has 114 valence electrons. The van der Waals surface area contributed by atoms with Crippen LogP contribution >= 0.6 is 11.6 Å². The number of benzene rings is 1. The summed E-state index contributed by atoms with van der Waals surface area (Å²) in [6.07, 6.45) is -1.91. The maximum absolute atomic E-state index is 11.9. The molecule has 0 unspecified atom stereocenters. The van der Waals surface area contributed by atoms with Gasteiger partial charge in [0, 0.05) is 0 Å². The molecule has 1 amide bonds. The van der Waals surface area contributed by atoms with Crippen LogP contribution in [0.5, 0.6) is 0 Å². The monoisotopic (exact) mass is 315 g/mol. The van der Waals surface area contributed by atoms with Crippen molar-refractivity contribution in [3.05, 3.63) is 28.8 Å². The molecular weight excluding hydrogens is 302 g/mol. The van der Waals surface area contributed by atoms with E-state index < -0.39 is 18.2 Å². The third-order valence-corrected chi connectivity index (χ3v) is 2.48. The van der Waals surface area contributed by atoms with E-state index in [1.54, 1.807) is 13.8 Å². The highest BCUT2D eigenvalue weighted by atomic mass is 35.5. The van der Waals surface area contributed by atoms with Gasteiger partial charge >= 0.3 is 18.2 Å². The molecule has 21 heavy (non-hydrogen) atoms. The number of esters is 1. The SMILES string of the molecule is CCOC(=O)Nc1cccc(Cl)c1C(=O)OC(=O)OCC. The summed E-state index contributed by atoms with van der Waals surface area (Å²) in [4.78, 5) is 34.5. The molecule has 0 heterocycles. The van der Waals surface area contributed by atoms with E-state index in [0.717, 1.165) is 0 Å². The third kappa shape index (κ3) is 4.96. The molecule has 0 fully saturated rings. The number of carbonyl (C=O) groups excluding carboxylic acids is 3. The average Bonchev–Trinajstić information content (AvgIpc) is 2.38. The Hall–Kier alpha value is -2.28. The predicted molar refractivity (Wildman–Crippen MR) is 74.5 cm³/mol. The summed E-state index contributed by atoms with van der Waals surface area (Å²) >= 11 is 5.90. The summed E-state index contributed by atoms with van der Waals surface area (Å²) in [6.45, 7) is 3.42. The van der Waals surface area contributed by atoms with E-state index in [2.05, 4.69) is 14.8 Å². The number of rotatable bonds is 4. The van der Waals surface area contributed by atoms with Crippen LogP contribution in [0.4, 0.5) is 15.3 Å². The second kappa shape index (κ2) is 8.11. The second-order valence-corrected chi connectivity index (χ2v) is 3.99. The zero-order valence-corrected chi connectivity index (χ0v) is 12.2. The molecule has 0 bridgehead atoms. The number of hydrogen-bond donors (Lipinski definition) is 1. The van der Waals surface area contributed by atoms with Gasteiger partial charge in [0.05, 0.1) is 23.9 Å². The lowest BCUT2D eigenvalue weighted by Gasteiger charge is -2.11. The van der Waals surface area contributed by atoms with E-state index in [4.69, 9.17) is 16.3 Å². The lowest BCUT2D eigenvalue weighted by Crippen LogP contribution is -2.19. The van der Waals surface area contributed by atoms with Crippen molar-refractivity contribution >= 4 is 35.5 Å². The average molecular weight is 316 g/mol. The van der Waals surface area contributed by atoms with Gasteiger partial charge in [-0.3, -0.25) is 5.32 Å². The van der Waals surface area contributed by atoms with Gasteiger partial charge in [0.2, 0.25) is 0 Å². The van der Waals surface area contributed by atoms with Crippen LogP contribution in [0.15, 0.2) is 18.2 Å². The molecule has 0 atom stereocenters. The highest BCUT2D eigenvalue weighted by Gasteiger charge is 2.22. The van der Waals surface area contributed by atoms with Crippen LogP contribution in [-0.2, 0) is 14.2 Å². The molecule has 1 rings (SSSR count). The second-order valence-electron chi connectivity index (χ2n) is 3.58. The van der Waals surface area contributed by atoms with Crippen molar-refractivity contribution in [2.45, 2.75) is 13.8 Å². The van der Waals surface area contributed by atoms with Gasteiger partial charge in [-0.25, -0.2) is 14.4 Å². The maximum Gasteiger partial charge on any atom is 0.516 e. The first-order valence-electron chi connectivity index (χ1n) is 6.10. The minimum atomic E-state index is -1.15. The highest BCUT2D eigenvalue weighted by Crippen LogP contribution is 2.25. The molecular formula is C13H14ClNO6. The van der Waals surface area contributed by atoms with Crippen LogP contribution in [-0.4, -0.2) is 31.4 Å². The van der Waals surface area contributed by atoms with Gasteiger partial charge in [0.25, 0.3) is 0 Å². The van der Waals surface area contributed by atoms with Crippen molar-refractivity contribution in [1.29, 1.82) is 0 Å². The summed E-state index contributed by atoms with van der Waals surface area (Å²) in [5, 5.41) is 2.35. The van der Waals surface area contributed by atoms with Crippen LogP contribution in [0.3, 0.4) is 0 Å². The Morgan fingerprint density at radius 2 is 1.81 bits per heavy atom. The number of carbonyl (C=O) groups is 3. The number of ether oxygens (including phenoxy) is 3. The molecule has 0 aromatic heterocycles. The molecule has 1 N–H and O–H groups in total. The first kappa shape index (κ1) is 16.8. The molecule has 0 aliphatic heterocycles. The van der Waals surface area contributed by atoms with Gasteiger partial charge in [-0.1, -0.05) is 17.7 Å². The topological polar surface area (TPSA) is 90.9 Å². The molecule has 1 aromatic carbocycles. The van der Waals surface area contributed by atoms with Crippen molar-refractivity contribution in [3.8, 4) is 0 Å². The quantitative estimate of drug-likeness (QED) is 0.677. The standard InChI is InChI=1S/C13H14ClNO6/c1-3-19-12(17)15-9-7-5-6-8(14)10(9)11(16)21-13(18)20-4-2/h5-7H,3-4H2,1-2H3,(H,15,17). The first-order valence-corrected chi connectivity index (χ1v) is 6.48. The summed E-state index contributed by atoms with van der Waals surface area (Å²) in [5.74, 6) is -1.04. The van der Waals surface area contributed by atoms with Crippen LogP contribution < -0.4 is 5.32 Å². The van der Waals surface area contributed by atoms with E-state index in [1.165, 1.54) is 18.2 Å². The normalized spacial score (nSPS) is 9.67. The molecule has 8 heteroatoms. The molecule has 1 aromatic rings. The highest BCUT2D eigenvalue weighted by molar-refractivity contribution is 6.34. The number of amides is 1. The third-order valence-electron chi connectivity index (χ3n) is 2.17. The van der Waals surface area contributed by atoms with Crippen molar-refractivity contribution in [2.24, 2.45) is 0 Å². The Bertz CT molecular complexity index is 545. The van der Waals surface area contributed by atoms with E-state index in [0.29, 0.717) is 0 Å². The zero-order valence-electron chi connectivity index (χ0n) is 11.5. The minimum absolute atomic E-state index is 0.0126. The smallest absolute Gasteiger partial charge is 0.450 e. The minimum Gasteiger partial charge on any atom is -0.450 e. The summed E-state index contributed by atoms with van der Waals surface area (Å²) in [5.41, 5.74) is -0.101. The molecule has 0 saturated carbocycles. The predicted octanol–water partition coefficient (Wildman–Crippen LogP) is 3.22. The van der Waals surface area contributed by atoms with Gasteiger partial charge in [-0.15, -0.1) is 0 Å². The zero-order chi connectivity index (χ0) is 15.8. The van der Waals surface area contributed by atoms with Crippen molar-refractivity contribution in [3.63, 3.8) is 0 Å². The maximum atomic E-state index is 11.9. The lowest BCUT2D eigenvalue weighted by molar-refractivity contribution is 0.0403. The van der Waals surface area contributed by atoms with Crippen molar-refractivity contribution in [1.82, 2.24) is 0 Å². The van der Waals surface area contributed by atoms with Gasteiger partial charge in [-0.2, -0.15) is 0 Å². The van der Waals surface area contributed by atoms with Crippen LogP contribution in [0, 0.1) is 0 Å². The van der Waals surface area contributed by atoms with E-state index in [-0.39, 0.29) is 29.5 Å². The molecule has 7 nitrogen and oxygen atoms in total. The van der Waals surface area contributed by atoms with Crippen molar-refractivity contribution < 1.29 is 28.6 Å². The summed E-state index contributed by atoms with van der Waals surface area (Å²) < 4.78 is 13.7. The number of halogens is 1. The first-order chi connectivity index (χ1) is 9.99. The fraction of sp³-hybridized carbons (Fsp3) is 0.308. The summed E-state index contributed by atoms with van der Waals surface area (Å²) in [7, 11) is 0. The molecule has 0 radical (unpaired) electrons. The van der Waals surface area contributed by atoms with Crippen LogP contribution in [0.2, 0.25) is 5.02 Å². The Labute approximate surface area is 126 Å². The van der Waals surface area contributed by atoms with Gasteiger partial charge in [-0.05, 0) is 26.0 Å². The van der Waals surface area contributed by atoms with Gasteiger partial charge in [0.15, 0.2) is 0 Å². The fourth-order valence-electron chi connectivity index (χ4n) is 1.39. The van der Waals surface area contributed by atoms with Crippen LogP contribution in [0.25, 0.3) is 0 Å². The van der Waals surface area contributed by atoms with Crippen molar-refractivity contribution in [2.75, 3.05) is 18.5 Å². The molecule has 0 spiro atoms. The molecule has 0 aliphatic rings. The van der Waals surface area contributed by atoms with E-state index >= 15 is 0 Å². The van der Waals surface area contributed by atoms with E-state index in [1.807, 2.05) is 0 Å².